The average Bonchev–Trinajstić information content (AvgIpc) is 2.58. The van der Waals surface area contributed by atoms with Gasteiger partial charge in [-0.3, -0.25) is 9.59 Å². The second-order valence-electron chi connectivity index (χ2n) is 6.40. The Balaban J connectivity index is 2.19. The molecule has 96 valence electrons. The van der Waals surface area contributed by atoms with Gasteiger partial charge in [-0.25, -0.2) is 0 Å². The van der Waals surface area contributed by atoms with E-state index in [4.69, 9.17) is 0 Å². The van der Waals surface area contributed by atoms with Crippen LogP contribution in [0.25, 0.3) is 0 Å². The Kier molecular flexibility index (Phi) is 3.70. The lowest BCUT2D eigenvalue weighted by Gasteiger charge is -2.39. The molecule has 0 radical (unpaired) electrons. The highest BCUT2D eigenvalue weighted by molar-refractivity contribution is 6.08. The molecule has 0 amide bonds. The van der Waals surface area contributed by atoms with E-state index in [1.165, 1.54) is 12.8 Å². The summed E-state index contributed by atoms with van der Waals surface area (Å²) in [5.74, 6) is 2.37. The summed E-state index contributed by atoms with van der Waals surface area (Å²) >= 11 is 0. The van der Waals surface area contributed by atoms with E-state index in [1.54, 1.807) is 0 Å². The minimum Gasteiger partial charge on any atom is -0.299 e. The Morgan fingerprint density at radius 1 is 1.06 bits per heavy atom. The normalized spacial score (nSPS) is 35.9. The van der Waals surface area contributed by atoms with Crippen LogP contribution in [0.4, 0.5) is 0 Å². The van der Waals surface area contributed by atoms with Gasteiger partial charge in [0.2, 0.25) is 0 Å². The molecule has 2 rings (SSSR count). The third-order valence-corrected chi connectivity index (χ3v) is 4.81. The molecule has 0 aromatic rings. The van der Waals surface area contributed by atoms with Gasteiger partial charge in [0.05, 0.1) is 5.92 Å². The molecule has 2 aliphatic carbocycles. The maximum Gasteiger partial charge on any atom is 0.144 e. The highest BCUT2D eigenvalue weighted by Crippen LogP contribution is 2.44. The zero-order valence-corrected chi connectivity index (χ0v) is 11.2. The van der Waals surface area contributed by atoms with E-state index >= 15 is 0 Å². The van der Waals surface area contributed by atoms with Crippen molar-refractivity contribution < 1.29 is 9.59 Å². The van der Waals surface area contributed by atoms with Crippen LogP contribution in [-0.2, 0) is 9.59 Å². The minimum absolute atomic E-state index is 0.222. The number of carbonyl (C=O) groups is 2. The number of rotatable bonds is 2. The Hall–Kier alpha value is -0.660. The summed E-state index contributed by atoms with van der Waals surface area (Å²) in [7, 11) is 0. The molecule has 0 aromatic carbocycles. The summed E-state index contributed by atoms with van der Waals surface area (Å²) < 4.78 is 0. The van der Waals surface area contributed by atoms with Crippen LogP contribution in [-0.4, -0.2) is 11.6 Å². The molecule has 0 N–H and O–H groups in total. The van der Waals surface area contributed by atoms with Gasteiger partial charge in [-0.05, 0) is 36.5 Å². The van der Waals surface area contributed by atoms with Crippen molar-refractivity contribution in [3.8, 4) is 0 Å². The second kappa shape index (κ2) is 4.91. The molecule has 3 unspecified atom stereocenters. The first-order chi connectivity index (χ1) is 8.00. The topological polar surface area (TPSA) is 34.1 Å². The van der Waals surface area contributed by atoms with Gasteiger partial charge in [-0.15, -0.1) is 0 Å². The smallest absolute Gasteiger partial charge is 0.144 e. The highest BCUT2D eigenvalue weighted by atomic mass is 16.2. The van der Waals surface area contributed by atoms with Crippen molar-refractivity contribution in [2.24, 2.45) is 29.6 Å². The van der Waals surface area contributed by atoms with E-state index in [2.05, 4.69) is 20.8 Å². The second-order valence-corrected chi connectivity index (χ2v) is 6.40. The summed E-state index contributed by atoms with van der Waals surface area (Å²) in [6, 6.07) is 0. The van der Waals surface area contributed by atoms with Crippen molar-refractivity contribution in [1.82, 2.24) is 0 Å². The summed E-state index contributed by atoms with van der Waals surface area (Å²) in [5.41, 5.74) is 0. The Labute approximate surface area is 104 Å². The minimum atomic E-state index is -0.245. The van der Waals surface area contributed by atoms with Crippen LogP contribution in [0, 0.1) is 29.6 Å². The van der Waals surface area contributed by atoms with Gasteiger partial charge in [-0.2, -0.15) is 0 Å². The highest BCUT2D eigenvalue weighted by Gasteiger charge is 2.44. The van der Waals surface area contributed by atoms with E-state index in [1.807, 2.05) is 0 Å². The summed E-state index contributed by atoms with van der Waals surface area (Å²) in [4.78, 5) is 23.9. The zero-order chi connectivity index (χ0) is 12.6. The number of ketones is 2. The largest absolute Gasteiger partial charge is 0.299 e. The number of hydrogen-bond donors (Lipinski definition) is 0. The first-order valence-corrected chi connectivity index (χ1v) is 7.06. The molecule has 0 spiro atoms. The van der Waals surface area contributed by atoms with E-state index in [0.717, 1.165) is 6.42 Å². The number of Topliss-reactive ketones (excluding diaryl/α,β-unsaturated/α-hetero) is 2. The third kappa shape index (κ3) is 2.46. The van der Waals surface area contributed by atoms with Crippen LogP contribution in [0.15, 0.2) is 0 Å². The molecule has 2 fully saturated rings. The van der Waals surface area contributed by atoms with Crippen LogP contribution >= 0.6 is 0 Å². The first kappa shape index (κ1) is 12.8. The molecule has 0 heterocycles. The predicted molar refractivity (Wildman–Crippen MR) is 67.6 cm³/mol. The molecule has 0 aromatic heterocycles. The molecule has 2 heteroatoms. The molecular weight excluding hydrogens is 212 g/mol. The molecular formula is C15H24O2. The standard InChI is InChI=1S/C15H24O2/c1-9(2)11-5-4-10(3)8-12(11)15-13(16)6-7-14(15)17/h9-12,15H,4-8H2,1-3H3. The Morgan fingerprint density at radius 3 is 2.18 bits per heavy atom. The summed E-state index contributed by atoms with van der Waals surface area (Å²) in [6.07, 6.45) is 4.53. The van der Waals surface area contributed by atoms with E-state index < -0.39 is 0 Å². The zero-order valence-electron chi connectivity index (χ0n) is 11.2. The molecule has 2 saturated carbocycles. The van der Waals surface area contributed by atoms with Gasteiger partial charge < -0.3 is 0 Å². The van der Waals surface area contributed by atoms with Gasteiger partial charge in [0.25, 0.3) is 0 Å². The van der Waals surface area contributed by atoms with Gasteiger partial charge >= 0.3 is 0 Å². The lowest BCUT2D eigenvalue weighted by Crippen LogP contribution is -2.37. The lowest BCUT2D eigenvalue weighted by atomic mass is 9.64. The molecule has 17 heavy (non-hydrogen) atoms. The first-order valence-electron chi connectivity index (χ1n) is 7.06. The Morgan fingerprint density at radius 2 is 1.65 bits per heavy atom. The van der Waals surface area contributed by atoms with Crippen molar-refractivity contribution in [2.45, 2.75) is 52.9 Å². The van der Waals surface area contributed by atoms with Crippen molar-refractivity contribution in [1.29, 1.82) is 0 Å². The molecule has 3 atom stereocenters. The van der Waals surface area contributed by atoms with Crippen molar-refractivity contribution in [3.63, 3.8) is 0 Å². The molecule has 0 bridgehead atoms. The third-order valence-electron chi connectivity index (χ3n) is 4.81. The SMILES string of the molecule is CC1CCC(C(C)C)C(C2C(=O)CCC2=O)C1. The van der Waals surface area contributed by atoms with Crippen LogP contribution in [0.1, 0.15) is 52.9 Å². The quantitative estimate of drug-likeness (QED) is 0.690. The van der Waals surface area contributed by atoms with E-state index in [9.17, 15) is 9.59 Å². The van der Waals surface area contributed by atoms with Crippen molar-refractivity contribution in [3.05, 3.63) is 0 Å². The average molecular weight is 236 g/mol. The van der Waals surface area contributed by atoms with Crippen LogP contribution in [0.5, 0.6) is 0 Å². The molecule has 2 aliphatic rings. The van der Waals surface area contributed by atoms with Crippen molar-refractivity contribution in [2.75, 3.05) is 0 Å². The van der Waals surface area contributed by atoms with Gasteiger partial charge in [0.15, 0.2) is 0 Å². The van der Waals surface area contributed by atoms with Crippen LogP contribution in [0.2, 0.25) is 0 Å². The van der Waals surface area contributed by atoms with E-state index in [-0.39, 0.29) is 17.5 Å². The fourth-order valence-electron chi connectivity index (χ4n) is 3.87. The molecule has 0 saturated heterocycles. The Bertz CT molecular complexity index is 303. The molecule has 0 aliphatic heterocycles. The van der Waals surface area contributed by atoms with E-state index in [0.29, 0.717) is 36.5 Å². The maximum atomic E-state index is 11.9. The molecule has 2 nitrogen and oxygen atoms in total. The number of hydrogen-bond acceptors (Lipinski definition) is 2. The fourth-order valence-corrected chi connectivity index (χ4v) is 3.87. The van der Waals surface area contributed by atoms with Crippen LogP contribution < -0.4 is 0 Å². The maximum absolute atomic E-state index is 11.9. The number of carbonyl (C=O) groups excluding carboxylic acids is 2. The van der Waals surface area contributed by atoms with Crippen LogP contribution in [0.3, 0.4) is 0 Å². The summed E-state index contributed by atoms with van der Waals surface area (Å²) in [5, 5.41) is 0. The van der Waals surface area contributed by atoms with Gasteiger partial charge in [0, 0.05) is 12.8 Å². The van der Waals surface area contributed by atoms with Gasteiger partial charge in [-0.1, -0.05) is 27.2 Å². The van der Waals surface area contributed by atoms with Gasteiger partial charge in [0.1, 0.15) is 11.6 Å². The predicted octanol–water partition coefficient (Wildman–Crippen LogP) is 3.24. The monoisotopic (exact) mass is 236 g/mol. The fraction of sp³-hybridized carbons (Fsp3) is 0.867. The lowest BCUT2D eigenvalue weighted by molar-refractivity contribution is -0.131. The summed E-state index contributed by atoms with van der Waals surface area (Å²) in [6.45, 7) is 6.72. The van der Waals surface area contributed by atoms with Crippen molar-refractivity contribution >= 4 is 11.6 Å².